The lowest BCUT2D eigenvalue weighted by Gasteiger charge is -2.16. The summed E-state index contributed by atoms with van der Waals surface area (Å²) >= 11 is 0. The van der Waals surface area contributed by atoms with Gasteiger partial charge < -0.3 is 9.47 Å². The lowest BCUT2D eigenvalue weighted by Crippen LogP contribution is -2.36. The molecule has 8 heteroatoms. The van der Waals surface area contributed by atoms with Crippen LogP contribution in [0.3, 0.4) is 0 Å². The number of para-hydroxylation sites is 2. The van der Waals surface area contributed by atoms with Crippen molar-refractivity contribution < 1.29 is 32.0 Å². The zero-order valence-corrected chi connectivity index (χ0v) is 24.9. The molecule has 7 nitrogen and oxygen atoms in total. The van der Waals surface area contributed by atoms with Crippen LogP contribution < -0.4 is 9.47 Å². The average molecular weight is 575 g/mol. The summed E-state index contributed by atoms with van der Waals surface area (Å²) in [7, 11) is -4.93. The maximum Gasteiger partial charge on any atom is 0.332 e. The fourth-order valence-corrected chi connectivity index (χ4v) is 5.25. The van der Waals surface area contributed by atoms with Crippen molar-refractivity contribution in [1.29, 1.82) is 0 Å². The number of hydrogen-bond donors (Lipinski definition) is 1. The minimum atomic E-state index is -4.93. The standard InChI is InChI=1S/C32H46O7S/c1-3-5-7-9-11-13-19-26-21-15-17-23-28(26)38-31(33)25-30(40(35,36)37)32(34)39-29-24-18-16-22-27(29)20-14-12-10-8-6-4-2/h15-18,21-24,30H,3-14,19-20,25H2,1-2H3,(H,35,36,37). The molecule has 0 spiro atoms. The highest BCUT2D eigenvalue weighted by Crippen LogP contribution is 2.24. The first-order chi connectivity index (χ1) is 19.3. The minimum absolute atomic E-state index is 0.229. The van der Waals surface area contributed by atoms with Gasteiger partial charge in [0.25, 0.3) is 10.1 Å². The van der Waals surface area contributed by atoms with E-state index in [2.05, 4.69) is 13.8 Å². The van der Waals surface area contributed by atoms with Gasteiger partial charge in [-0.2, -0.15) is 8.42 Å². The molecule has 0 saturated heterocycles. The van der Waals surface area contributed by atoms with Gasteiger partial charge in [0.05, 0.1) is 6.42 Å². The Morgan fingerprint density at radius 3 is 1.57 bits per heavy atom. The fourth-order valence-electron chi connectivity index (χ4n) is 4.61. The van der Waals surface area contributed by atoms with E-state index < -0.39 is 33.7 Å². The van der Waals surface area contributed by atoms with Crippen LogP contribution in [0.2, 0.25) is 0 Å². The predicted octanol–water partition coefficient (Wildman–Crippen LogP) is 7.65. The summed E-state index contributed by atoms with van der Waals surface area (Å²) in [6, 6.07) is 14.0. The van der Waals surface area contributed by atoms with Crippen molar-refractivity contribution in [2.45, 2.75) is 115 Å². The van der Waals surface area contributed by atoms with E-state index in [4.69, 9.17) is 9.47 Å². The van der Waals surface area contributed by atoms with E-state index in [9.17, 15) is 22.6 Å². The normalized spacial score (nSPS) is 12.2. The molecule has 0 fully saturated rings. The third-order valence-corrected chi connectivity index (χ3v) is 8.03. The minimum Gasteiger partial charge on any atom is -0.426 e. The van der Waals surface area contributed by atoms with E-state index >= 15 is 0 Å². The molecular weight excluding hydrogens is 528 g/mol. The monoisotopic (exact) mass is 574 g/mol. The van der Waals surface area contributed by atoms with E-state index in [1.165, 1.54) is 38.5 Å². The number of benzene rings is 2. The topological polar surface area (TPSA) is 107 Å². The molecule has 2 aromatic rings. The Balaban J connectivity index is 2.00. The summed E-state index contributed by atoms with van der Waals surface area (Å²) in [4.78, 5) is 25.6. The van der Waals surface area contributed by atoms with Crippen molar-refractivity contribution in [2.24, 2.45) is 0 Å². The second-order valence-electron chi connectivity index (χ2n) is 10.4. The zero-order chi connectivity index (χ0) is 29.2. The molecule has 40 heavy (non-hydrogen) atoms. The van der Waals surface area contributed by atoms with Crippen molar-refractivity contribution in [3.8, 4) is 11.5 Å². The largest absolute Gasteiger partial charge is 0.426 e. The Morgan fingerprint density at radius 2 is 1.10 bits per heavy atom. The Morgan fingerprint density at radius 1 is 0.675 bits per heavy atom. The van der Waals surface area contributed by atoms with Gasteiger partial charge in [-0.15, -0.1) is 0 Å². The molecule has 2 aromatic carbocycles. The summed E-state index contributed by atoms with van der Waals surface area (Å²) in [6.07, 6.45) is 13.9. The predicted molar refractivity (Wildman–Crippen MR) is 158 cm³/mol. The maximum absolute atomic E-state index is 12.9. The first-order valence-electron chi connectivity index (χ1n) is 14.8. The SMILES string of the molecule is CCCCCCCCc1ccccc1OC(=O)CC(C(=O)Oc1ccccc1CCCCCCCC)S(=O)(=O)O. The van der Waals surface area contributed by atoms with Crippen molar-refractivity contribution >= 4 is 22.1 Å². The Labute approximate surface area is 240 Å². The van der Waals surface area contributed by atoms with Crippen LogP contribution in [0.5, 0.6) is 11.5 Å². The van der Waals surface area contributed by atoms with Crippen LogP contribution in [-0.2, 0) is 32.5 Å². The van der Waals surface area contributed by atoms with Crippen molar-refractivity contribution in [1.82, 2.24) is 0 Å². The van der Waals surface area contributed by atoms with Gasteiger partial charge in [0.15, 0.2) is 5.25 Å². The molecule has 0 aliphatic rings. The van der Waals surface area contributed by atoms with Crippen LogP contribution in [-0.4, -0.2) is 30.2 Å². The Bertz CT molecular complexity index is 1140. The van der Waals surface area contributed by atoms with Crippen LogP contribution in [0, 0.1) is 0 Å². The summed E-state index contributed by atoms with van der Waals surface area (Å²) in [5, 5.41) is -2.09. The number of aryl methyl sites for hydroxylation is 2. The molecule has 0 heterocycles. The molecule has 222 valence electrons. The van der Waals surface area contributed by atoms with E-state index in [0.717, 1.165) is 49.7 Å². The van der Waals surface area contributed by atoms with Gasteiger partial charge in [0.2, 0.25) is 0 Å². The number of ether oxygens (including phenoxy) is 2. The number of carbonyl (C=O) groups excluding carboxylic acids is 2. The molecule has 0 amide bonds. The lowest BCUT2D eigenvalue weighted by molar-refractivity contribution is -0.140. The van der Waals surface area contributed by atoms with Crippen molar-refractivity contribution in [3.63, 3.8) is 0 Å². The summed E-state index contributed by atoms with van der Waals surface area (Å²) < 4.78 is 44.8. The Kier molecular flexibility index (Phi) is 15.6. The summed E-state index contributed by atoms with van der Waals surface area (Å²) in [5.74, 6) is -1.59. The van der Waals surface area contributed by atoms with Crippen LogP contribution in [0.4, 0.5) is 0 Å². The molecule has 0 aromatic heterocycles. The second-order valence-corrected chi connectivity index (χ2v) is 12.0. The summed E-state index contributed by atoms with van der Waals surface area (Å²) in [5.41, 5.74) is 1.60. The van der Waals surface area contributed by atoms with Gasteiger partial charge in [-0.05, 0) is 48.9 Å². The van der Waals surface area contributed by atoms with Gasteiger partial charge >= 0.3 is 11.9 Å². The molecule has 0 saturated carbocycles. The molecule has 0 bridgehead atoms. The molecule has 1 atom stereocenters. The highest BCUT2D eigenvalue weighted by atomic mass is 32.2. The van der Waals surface area contributed by atoms with Crippen LogP contribution in [0.25, 0.3) is 0 Å². The van der Waals surface area contributed by atoms with Crippen molar-refractivity contribution in [2.75, 3.05) is 0 Å². The quantitative estimate of drug-likeness (QED) is 0.0749. The van der Waals surface area contributed by atoms with E-state index in [0.29, 0.717) is 18.6 Å². The summed E-state index contributed by atoms with van der Waals surface area (Å²) in [6.45, 7) is 4.34. The zero-order valence-electron chi connectivity index (χ0n) is 24.1. The second kappa shape index (κ2) is 18.6. The van der Waals surface area contributed by atoms with Gasteiger partial charge in [-0.3, -0.25) is 14.1 Å². The van der Waals surface area contributed by atoms with Gasteiger partial charge in [-0.1, -0.05) is 114 Å². The fraction of sp³-hybridized carbons (Fsp3) is 0.562. The molecule has 0 aliphatic carbocycles. The number of esters is 2. The highest BCUT2D eigenvalue weighted by Gasteiger charge is 2.36. The number of rotatable bonds is 20. The molecule has 1 N–H and O–H groups in total. The molecular formula is C32H46O7S. The van der Waals surface area contributed by atoms with Crippen LogP contribution >= 0.6 is 0 Å². The molecule has 0 aliphatic heterocycles. The number of unbranched alkanes of at least 4 members (excludes halogenated alkanes) is 10. The van der Waals surface area contributed by atoms with E-state index in [-0.39, 0.29) is 5.75 Å². The van der Waals surface area contributed by atoms with Gasteiger partial charge in [0, 0.05) is 0 Å². The Hall–Kier alpha value is -2.71. The third-order valence-electron chi connectivity index (χ3n) is 6.95. The first-order valence-corrected chi connectivity index (χ1v) is 16.3. The highest BCUT2D eigenvalue weighted by molar-refractivity contribution is 7.87. The smallest absolute Gasteiger partial charge is 0.332 e. The molecule has 2 rings (SSSR count). The first kappa shape index (κ1) is 33.5. The maximum atomic E-state index is 12.9. The van der Waals surface area contributed by atoms with Crippen LogP contribution in [0.15, 0.2) is 48.5 Å². The van der Waals surface area contributed by atoms with E-state index in [1.54, 1.807) is 24.3 Å². The molecule has 0 radical (unpaired) electrons. The van der Waals surface area contributed by atoms with Crippen LogP contribution in [0.1, 0.15) is 108 Å². The van der Waals surface area contributed by atoms with Gasteiger partial charge in [0.1, 0.15) is 11.5 Å². The van der Waals surface area contributed by atoms with Gasteiger partial charge in [-0.25, -0.2) is 0 Å². The average Bonchev–Trinajstić information content (AvgIpc) is 2.92. The number of carbonyl (C=O) groups is 2. The van der Waals surface area contributed by atoms with E-state index in [1.807, 2.05) is 24.3 Å². The molecule has 1 unspecified atom stereocenters. The van der Waals surface area contributed by atoms with Crippen molar-refractivity contribution in [3.05, 3.63) is 59.7 Å². The number of hydrogen-bond acceptors (Lipinski definition) is 6. The lowest BCUT2D eigenvalue weighted by atomic mass is 10.0. The third kappa shape index (κ3) is 12.6.